The van der Waals surface area contributed by atoms with Crippen LogP contribution in [0.15, 0.2) is 0 Å². The normalized spacial score (nSPS) is 25.2. The predicted molar refractivity (Wildman–Crippen MR) is 64.6 cm³/mol. The number of rotatable bonds is 4. The smallest absolute Gasteiger partial charge is 0.308 e. The molecule has 0 bridgehead atoms. The number of hydrogen-bond acceptors (Lipinski definition) is 3. The number of likely N-dealkylation sites (tertiary alicyclic amines) is 1. The monoisotopic (exact) mass is 242 g/mol. The van der Waals surface area contributed by atoms with Crippen molar-refractivity contribution in [3.63, 3.8) is 0 Å². The van der Waals surface area contributed by atoms with Gasteiger partial charge in [0.1, 0.15) is 0 Å². The molecule has 5 nitrogen and oxygen atoms in total. The second-order valence-corrected chi connectivity index (χ2v) is 5.21. The number of nitrogens with zero attached hydrogens (tertiary/aromatic N) is 2. The van der Waals surface area contributed by atoms with E-state index in [2.05, 4.69) is 0 Å². The summed E-state index contributed by atoms with van der Waals surface area (Å²) in [5.74, 6) is -0.931. The van der Waals surface area contributed by atoms with Gasteiger partial charge >= 0.3 is 5.97 Å². The van der Waals surface area contributed by atoms with Crippen LogP contribution < -0.4 is 0 Å². The molecule has 0 spiro atoms. The first-order chi connectivity index (χ1) is 7.82. The van der Waals surface area contributed by atoms with Crippen LogP contribution >= 0.6 is 0 Å². The third kappa shape index (κ3) is 3.43. The molecule has 0 aliphatic carbocycles. The van der Waals surface area contributed by atoms with Gasteiger partial charge in [-0.3, -0.25) is 14.5 Å². The number of carboxylic acid groups (broad SMARTS) is 1. The molecule has 2 unspecified atom stereocenters. The highest BCUT2D eigenvalue weighted by atomic mass is 16.4. The van der Waals surface area contributed by atoms with Gasteiger partial charge in [-0.2, -0.15) is 0 Å². The van der Waals surface area contributed by atoms with Crippen LogP contribution in [0.1, 0.15) is 20.8 Å². The number of aliphatic carboxylic acids is 1. The molecule has 0 aromatic carbocycles. The van der Waals surface area contributed by atoms with E-state index >= 15 is 0 Å². The van der Waals surface area contributed by atoms with Gasteiger partial charge in [0.2, 0.25) is 5.91 Å². The van der Waals surface area contributed by atoms with Crippen molar-refractivity contribution in [2.75, 3.05) is 26.7 Å². The third-order valence-corrected chi connectivity index (χ3v) is 3.53. The molecule has 17 heavy (non-hydrogen) atoms. The van der Waals surface area contributed by atoms with E-state index < -0.39 is 5.97 Å². The third-order valence-electron chi connectivity index (χ3n) is 3.53. The summed E-state index contributed by atoms with van der Waals surface area (Å²) in [7, 11) is 1.78. The van der Waals surface area contributed by atoms with Gasteiger partial charge in [0, 0.05) is 26.2 Å². The predicted octanol–water partition coefficient (Wildman–Crippen LogP) is 0.506. The van der Waals surface area contributed by atoms with Crippen molar-refractivity contribution in [1.82, 2.24) is 9.80 Å². The zero-order valence-corrected chi connectivity index (χ0v) is 11.0. The molecular weight excluding hydrogens is 220 g/mol. The fraction of sp³-hybridized carbons (Fsp3) is 0.833. The van der Waals surface area contributed by atoms with E-state index in [1.165, 1.54) is 0 Å². The maximum atomic E-state index is 11.9. The topological polar surface area (TPSA) is 60.9 Å². The van der Waals surface area contributed by atoms with Crippen LogP contribution in [-0.2, 0) is 9.59 Å². The highest BCUT2D eigenvalue weighted by molar-refractivity contribution is 5.78. The first kappa shape index (κ1) is 14.0. The molecule has 5 heteroatoms. The highest BCUT2D eigenvalue weighted by Crippen LogP contribution is 2.22. The van der Waals surface area contributed by atoms with Gasteiger partial charge in [-0.05, 0) is 19.8 Å². The SMILES string of the molecule is CC1CN(CC(=O)N(C)C(C)C)CC1C(=O)O. The Hall–Kier alpha value is -1.10. The van der Waals surface area contributed by atoms with E-state index in [-0.39, 0.29) is 23.8 Å². The standard InChI is InChI=1S/C12H22N2O3/c1-8(2)13(4)11(15)7-14-5-9(3)10(6-14)12(16)17/h8-10H,5-7H2,1-4H3,(H,16,17). The van der Waals surface area contributed by atoms with Gasteiger partial charge in [-0.1, -0.05) is 6.92 Å². The molecule has 98 valence electrons. The maximum absolute atomic E-state index is 11.9. The molecule has 1 aliphatic rings. The largest absolute Gasteiger partial charge is 0.481 e. The summed E-state index contributed by atoms with van der Waals surface area (Å²) in [6, 6.07) is 0.179. The highest BCUT2D eigenvalue weighted by Gasteiger charge is 2.35. The molecule has 2 atom stereocenters. The summed E-state index contributed by atoms with van der Waals surface area (Å²) >= 11 is 0. The molecule has 0 aromatic heterocycles. The lowest BCUT2D eigenvalue weighted by Gasteiger charge is -2.24. The minimum atomic E-state index is -0.760. The quantitative estimate of drug-likeness (QED) is 0.780. The Balaban J connectivity index is 2.50. The summed E-state index contributed by atoms with van der Waals surface area (Å²) in [5, 5.41) is 9.01. The lowest BCUT2D eigenvalue weighted by Crippen LogP contribution is -2.41. The Morgan fingerprint density at radius 3 is 2.41 bits per heavy atom. The lowest BCUT2D eigenvalue weighted by atomic mass is 9.99. The minimum absolute atomic E-state index is 0.0539. The number of carbonyl (C=O) groups is 2. The fourth-order valence-corrected chi connectivity index (χ4v) is 2.11. The van der Waals surface area contributed by atoms with E-state index in [0.717, 1.165) is 0 Å². The molecule has 1 N–H and O–H groups in total. The molecule has 0 saturated carbocycles. The van der Waals surface area contributed by atoms with Crippen LogP contribution in [0.25, 0.3) is 0 Å². The van der Waals surface area contributed by atoms with Crippen molar-refractivity contribution in [2.45, 2.75) is 26.8 Å². The van der Waals surface area contributed by atoms with Crippen LogP contribution in [-0.4, -0.2) is 59.5 Å². The van der Waals surface area contributed by atoms with Crippen molar-refractivity contribution >= 4 is 11.9 Å². The second-order valence-electron chi connectivity index (χ2n) is 5.21. The van der Waals surface area contributed by atoms with Crippen molar-refractivity contribution in [3.05, 3.63) is 0 Å². The van der Waals surface area contributed by atoms with E-state index in [1.54, 1.807) is 11.9 Å². The number of likely N-dealkylation sites (N-methyl/N-ethyl adjacent to an activating group) is 1. The zero-order valence-electron chi connectivity index (χ0n) is 11.0. The molecule has 0 aromatic rings. The Morgan fingerprint density at radius 2 is 2.00 bits per heavy atom. The number of carboxylic acids is 1. The van der Waals surface area contributed by atoms with Gasteiger partial charge in [0.25, 0.3) is 0 Å². The maximum Gasteiger partial charge on any atom is 0.308 e. The van der Waals surface area contributed by atoms with E-state index in [4.69, 9.17) is 5.11 Å². The van der Waals surface area contributed by atoms with Crippen molar-refractivity contribution < 1.29 is 14.7 Å². The van der Waals surface area contributed by atoms with Crippen molar-refractivity contribution in [1.29, 1.82) is 0 Å². The fourth-order valence-electron chi connectivity index (χ4n) is 2.11. The average molecular weight is 242 g/mol. The van der Waals surface area contributed by atoms with Gasteiger partial charge in [-0.25, -0.2) is 0 Å². The van der Waals surface area contributed by atoms with Gasteiger partial charge < -0.3 is 10.0 Å². The molecule has 1 rings (SSSR count). The van der Waals surface area contributed by atoms with E-state index in [9.17, 15) is 9.59 Å². The first-order valence-corrected chi connectivity index (χ1v) is 6.03. The summed E-state index contributed by atoms with van der Waals surface area (Å²) in [6.45, 7) is 7.34. The summed E-state index contributed by atoms with van der Waals surface area (Å²) in [6.07, 6.45) is 0. The van der Waals surface area contributed by atoms with Gasteiger partial charge in [-0.15, -0.1) is 0 Å². The van der Waals surface area contributed by atoms with Crippen LogP contribution in [0, 0.1) is 11.8 Å². The molecule has 1 heterocycles. The Morgan fingerprint density at radius 1 is 1.41 bits per heavy atom. The first-order valence-electron chi connectivity index (χ1n) is 6.03. The molecule has 1 amide bonds. The Kier molecular flexibility index (Phi) is 4.51. The van der Waals surface area contributed by atoms with Crippen molar-refractivity contribution in [3.8, 4) is 0 Å². The second kappa shape index (κ2) is 5.49. The van der Waals surface area contributed by atoms with E-state index in [1.807, 2.05) is 25.7 Å². The van der Waals surface area contributed by atoms with Crippen molar-refractivity contribution in [2.24, 2.45) is 11.8 Å². The number of carbonyl (C=O) groups excluding carboxylic acids is 1. The summed E-state index contributed by atoms with van der Waals surface area (Å²) in [5.41, 5.74) is 0. The lowest BCUT2D eigenvalue weighted by molar-refractivity contribution is -0.142. The summed E-state index contributed by atoms with van der Waals surface area (Å²) < 4.78 is 0. The molecule has 1 aliphatic heterocycles. The average Bonchev–Trinajstić information content (AvgIpc) is 2.58. The van der Waals surface area contributed by atoms with Crippen LogP contribution in [0.5, 0.6) is 0 Å². The van der Waals surface area contributed by atoms with Gasteiger partial charge in [0.05, 0.1) is 12.5 Å². The zero-order chi connectivity index (χ0) is 13.2. The summed E-state index contributed by atoms with van der Waals surface area (Å²) in [4.78, 5) is 26.5. The van der Waals surface area contributed by atoms with E-state index in [0.29, 0.717) is 19.6 Å². The Labute approximate surface area is 102 Å². The number of hydrogen-bond donors (Lipinski definition) is 1. The molecule has 1 saturated heterocycles. The molecular formula is C12H22N2O3. The Bertz CT molecular complexity index is 304. The van der Waals surface area contributed by atoms with Crippen LogP contribution in [0.3, 0.4) is 0 Å². The minimum Gasteiger partial charge on any atom is -0.481 e. The van der Waals surface area contributed by atoms with Gasteiger partial charge in [0.15, 0.2) is 0 Å². The van der Waals surface area contributed by atoms with Crippen LogP contribution in [0.4, 0.5) is 0 Å². The molecule has 1 fully saturated rings. The molecule has 0 radical (unpaired) electrons. The van der Waals surface area contributed by atoms with Crippen LogP contribution in [0.2, 0.25) is 0 Å². The number of amides is 1.